The summed E-state index contributed by atoms with van der Waals surface area (Å²) in [5, 5.41) is 9.04. The number of rotatable bonds is 0. The van der Waals surface area contributed by atoms with E-state index in [1.807, 2.05) is 6.08 Å². The number of hydrogen-bond acceptors (Lipinski definition) is 1. The fourth-order valence-electron chi connectivity index (χ4n) is 0.915. The molecule has 0 unspecified atom stereocenters. The third-order valence-corrected chi connectivity index (χ3v) is 1.45. The van der Waals surface area contributed by atoms with Crippen molar-refractivity contribution in [2.24, 2.45) is 0 Å². The molecule has 0 fully saturated rings. The van der Waals surface area contributed by atoms with E-state index in [0.29, 0.717) is 5.76 Å². The van der Waals surface area contributed by atoms with Crippen LogP contribution in [0.3, 0.4) is 0 Å². The molecule has 3 heteroatoms. The van der Waals surface area contributed by atoms with Gasteiger partial charge in [0, 0.05) is 45.4 Å². The summed E-state index contributed by atoms with van der Waals surface area (Å²) in [5.74, 6) is 0.555. The van der Waals surface area contributed by atoms with E-state index < -0.39 is 0 Å². The van der Waals surface area contributed by atoms with Crippen molar-refractivity contribution in [3.05, 3.63) is 24.0 Å². The molecular formula is C8H12ORh2. The zero-order valence-electron chi connectivity index (χ0n) is 6.17. The molecule has 0 aromatic carbocycles. The van der Waals surface area contributed by atoms with E-state index in [2.05, 4.69) is 12.2 Å². The molecule has 0 saturated carbocycles. The quantitative estimate of drug-likeness (QED) is 0.535. The van der Waals surface area contributed by atoms with Crippen LogP contribution in [0.15, 0.2) is 24.0 Å². The van der Waals surface area contributed by atoms with E-state index >= 15 is 0 Å². The second-order valence-corrected chi connectivity index (χ2v) is 2.28. The normalized spacial score (nSPS) is 16.5. The first kappa shape index (κ1) is 14.1. The van der Waals surface area contributed by atoms with Crippen molar-refractivity contribution in [2.75, 3.05) is 0 Å². The maximum absolute atomic E-state index is 9.04. The molecule has 1 N–H and O–H groups in total. The Morgan fingerprint density at radius 2 is 1.64 bits per heavy atom. The van der Waals surface area contributed by atoms with Crippen molar-refractivity contribution in [2.45, 2.75) is 25.7 Å². The van der Waals surface area contributed by atoms with Gasteiger partial charge >= 0.3 is 0 Å². The molecule has 1 aliphatic carbocycles. The van der Waals surface area contributed by atoms with E-state index in [4.69, 9.17) is 5.11 Å². The first-order valence-corrected chi connectivity index (χ1v) is 3.42. The maximum Gasteiger partial charge on any atom is 0.0886 e. The van der Waals surface area contributed by atoms with Crippen LogP contribution < -0.4 is 0 Å². The van der Waals surface area contributed by atoms with Gasteiger partial charge in [0.15, 0.2) is 0 Å². The van der Waals surface area contributed by atoms with Crippen LogP contribution >= 0.6 is 0 Å². The van der Waals surface area contributed by atoms with Crippen molar-refractivity contribution < 1.29 is 44.1 Å². The summed E-state index contributed by atoms with van der Waals surface area (Å²) in [6.45, 7) is 0. The van der Waals surface area contributed by atoms with Gasteiger partial charge < -0.3 is 5.11 Å². The van der Waals surface area contributed by atoms with Gasteiger partial charge in [0.05, 0.1) is 5.76 Å². The smallest absolute Gasteiger partial charge is 0.0886 e. The standard InChI is InChI=1S/C8H12O.2Rh/c9-8-6-4-2-1-3-5-7-8;;/h1-2,7,9H,3-6H2;;. The van der Waals surface area contributed by atoms with Crippen molar-refractivity contribution in [3.63, 3.8) is 0 Å². The summed E-state index contributed by atoms with van der Waals surface area (Å²) in [6.07, 6.45) is 10.1. The van der Waals surface area contributed by atoms with Gasteiger partial charge in [-0.25, -0.2) is 0 Å². The van der Waals surface area contributed by atoms with Gasteiger partial charge in [-0.2, -0.15) is 0 Å². The maximum atomic E-state index is 9.04. The average Bonchev–Trinajstić information content (AvgIpc) is 1.79. The minimum Gasteiger partial charge on any atom is -0.513 e. The molecule has 1 nitrogen and oxygen atoms in total. The summed E-state index contributed by atoms with van der Waals surface area (Å²) in [6, 6.07) is 0. The Balaban J connectivity index is 0. The molecular weight excluding hydrogens is 318 g/mol. The van der Waals surface area contributed by atoms with Crippen molar-refractivity contribution in [1.29, 1.82) is 0 Å². The molecule has 0 aromatic heterocycles. The molecule has 1 aliphatic rings. The fourth-order valence-corrected chi connectivity index (χ4v) is 0.915. The second kappa shape index (κ2) is 8.62. The molecule has 0 heterocycles. The number of aliphatic hydroxyl groups excluding tert-OH is 1. The first-order valence-electron chi connectivity index (χ1n) is 3.42. The third-order valence-electron chi connectivity index (χ3n) is 1.45. The summed E-state index contributed by atoms with van der Waals surface area (Å²) in [5.41, 5.74) is 0. The third kappa shape index (κ3) is 6.91. The largest absolute Gasteiger partial charge is 0.513 e. The van der Waals surface area contributed by atoms with Crippen LogP contribution in [-0.4, -0.2) is 5.11 Å². The Labute approximate surface area is 93.5 Å². The van der Waals surface area contributed by atoms with Gasteiger partial charge in [-0.1, -0.05) is 12.2 Å². The van der Waals surface area contributed by atoms with Crippen LogP contribution in [0.25, 0.3) is 0 Å². The van der Waals surface area contributed by atoms with Crippen LogP contribution in [0, 0.1) is 0 Å². The Morgan fingerprint density at radius 1 is 1.00 bits per heavy atom. The van der Waals surface area contributed by atoms with E-state index in [0.717, 1.165) is 25.7 Å². The molecule has 0 saturated heterocycles. The Kier molecular flexibility index (Phi) is 11.0. The summed E-state index contributed by atoms with van der Waals surface area (Å²) >= 11 is 0. The van der Waals surface area contributed by atoms with E-state index in [1.54, 1.807) is 0 Å². The summed E-state index contributed by atoms with van der Waals surface area (Å²) in [7, 11) is 0. The molecule has 0 aromatic rings. The monoisotopic (exact) mass is 330 g/mol. The molecule has 68 valence electrons. The van der Waals surface area contributed by atoms with Crippen molar-refractivity contribution >= 4 is 0 Å². The Hall–Kier alpha value is 0.527. The van der Waals surface area contributed by atoms with Crippen molar-refractivity contribution in [3.8, 4) is 0 Å². The van der Waals surface area contributed by atoms with Gasteiger partial charge in [0.25, 0.3) is 0 Å². The summed E-state index contributed by atoms with van der Waals surface area (Å²) < 4.78 is 0. The predicted octanol–water partition coefficient (Wildman–Crippen LogP) is 2.55. The summed E-state index contributed by atoms with van der Waals surface area (Å²) in [4.78, 5) is 0. The first-order chi connectivity index (χ1) is 4.39. The van der Waals surface area contributed by atoms with Crippen LogP contribution in [0.4, 0.5) is 0 Å². The molecule has 0 aliphatic heterocycles. The molecule has 0 amide bonds. The van der Waals surface area contributed by atoms with Crippen molar-refractivity contribution in [1.82, 2.24) is 0 Å². The number of aliphatic hydroxyl groups is 1. The average molecular weight is 330 g/mol. The second-order valence-electron chi connectivity index (χ2n) is 2.28. The van der Waals surface area contributed by atoms with Crippen LogP contribution in [0.5, 0.6) is 0 Å². The molecule has 11 heavy (non-hydrogen) atoms. The van der Waals surface area contributed by atoms with Gasteiger partial charge in [0.1, 0.15) is 0 Å². The predicted molar refractivity (Wildman–Crippen MR) is 38.3 cm³/mol. The minimum absolute atomic E-state index is 0. The van der Waals surface area contributed by atoms with E-state index in [9.17, 15) is 0 Å². The number of allylic oxidation sites excluding steroid dienone is 4. The van der Waals surface area contributed by atoms with Crippen LogP contribution in [0.2, 0.25) is 0 Å². The minimum atomic E-state index is 0. The van der Waals surface area contributed by atoms with E-state index in [-0.39, 0.29) is 39.0 Å². The Bertz CT molecular complexity index is 141. The van der Waals surface area contributed by atoms with Gasteiger partial charge in [0.2, 0.25) is 0 Å². The molecule has 0 spiro atoms. The molecule has 0 bridgehead atoms. The Morgan fingerprint density at radius 3 is 2.36 bits per heavy atom. The van der Waals surface area contributed by atoms with Crippen LogP contribution in [0.1, 0.15) is 25.7 Å². The number of hydrogen-bond donors (Lipinski definition) is 1. The zero-order valence-corrected chi connectivity index (χ0v) is 9.45. The molecule has 0 atom stereocenters. The van der Waals surface area contributed by atoms with Gasteiger partial charge in [-0.15, -0.1) is 0 Å². The van der Waals surface area contributed by atoms with Crippen LogP contribution in [-0.2, 0) is 39.0 Å². The SMILES string of the molecule is OC1=CCCC=CCC1.[Rh].[Rh]. The molecule has 1 rings (SSSR count). The van der Waals surface area contributed by atoms with E-state index in [1.165, 1.54) is 0 Å². The fraction of sp³-hybridized carbons (Fsp3) is 0.500. The topological polar surface area (TPSA) is 20.2 Å². The van der Waals surface area contributed by atoms with Gasteiger partial charge in [-0.3, -0.25) is 0 Å². The molecule has 2 radical (unpaired) electrons. The zero-order chi connectivity index (χ0) is 6.53. The van der Waals surface area contributed by atoms with Gasteiger partial charge in [-0.05, 0) is 25.3 Å².